The molecule has 7 nitrogen and oxygen atoms in total. The van der Waals surface area contributed by atoms with Gasteiger partial charge in [-0.05, 0) is 24.3 Å². The molecule has 2 heterocycles. The molecule has 0 aliphatic carbocycles. The first-order valence-corrected chi connectivity index (χ1v) is 8.30. The van der Waals surface area contributed by atoms with Crippen molar-refractivity contribution in [2.75, 3.05) is 12.8 Å². The van der Waals surface area contributed by atoms with Crippen molar-refractivity contribution in [3.63, 3.8) is 0 Å². The fourth-order valence-electron chi connectivity index (χ4n) is 3.03. The zero-order chi connectivity index (χ0) is 19.8. The molecule has 0 atom stereocenters. The zero-order valence-electron chi connectivity index (χ0n) is 14.8. The maximum atomic E-state index is 14.1. The Labute approximate surface area is 157 Å². The number of aromatic nitrogens is 4. The summed E-state index contributed by atoms with van der Waals surface area (Å²) in [4.78, 5) is 21.2. The molecule has 0 bridgehead atoms. The third-order valence-electron chi connectivity index (χ3n) is 4.38. The molecule has 2 N–H and O–H groups in total. The van der Waals surface area contributed by atoms with Crippen molar-refractivity contribution in [2.24, 2.45) is 0 Å². The summed E-state index contributed by atoms with van der Waals surface area (Å²) in [5, 5.41) is 0. The highest BCUT2D eigenvalue weighted by atomic mass is 19.1. The van der Waals surface area contributed by atoms with Gasteiger partial charge in [-0.1, -0.05) is 12.1 Å². The van der Waals surface area contributed by atoms with Crippen LogP contribution in [0.15, 0.2) is 53.5 Å². The van der Waals surface area contributed by atoms with Crippen LogP contribution in [0, 0.1) is 11.6 Å². The van der Waals surface area contributed by atoms with E-state index in [1.165, 1.54) is 28.5 Å². The minimum absolute atomic E-state index is 0.0293. The number of imidazole rings is 1. The van der Waals surface area contributed by atoms with Gasteiger partial charge in [0.2, 0.25) is 5.95 Å². The van der Waals surface area contributed by atoms with Crippen LogP contribution in [0.3, 0.4) is 0 Å². The second kappa shape index (κ2) is 6.76. The molecule has 0 amide bonds. The van der Waals surface area contributed by atoms with Gasteiger partial charge in [0.05, 0.1) is 25.5 Å². The highest BCUT2D eigenvalue weighted by molar-refractivity contribution is 5.74. The lowest BCUT2D eigenvalue weighted by molar-refractivity contribution is 0.414. The molecule has 28 heavy (non-hydrogen) atoms. The largest absolute Gasteiger partial charge is 0.497 e. The van der Waals surface area contributed by atoms with Crippen molar-refractivity contribution in [3.8, 4) is 11.4 Å². The van der Waals surface area contributed by atoms with Crippen LogP contribution in [-0.2, 0) is 6.54 Å². The molecular weight excluding hydrogens is 368 g/mol. The lowest BCUT2D eigenvalue weighted by Crippen LogP contribution is -2.24. The number of hydrogen-bond acceptors (Lipinski definition) is 5. The predicted molar refractivity (Wildman–Crippen MR) is 99.5 cm³/mol. The van der Waals surface area contributed by atoms with E-state index in [2.05, 4.69) is 9.97 Å². The van der Waals surface area contributed by atoms with Crippen molar-refractivity contribution in [3.05, 3.63) is 76.3 Å². The summed E-state index contributed by atoms with van der Waals surface area (Å²) in [5.41, 5.74) is 5.92. The Hall–Kier alpha value is -3.75. The second-order valence-corrected chi connectivity index (χ2v) is 6.04. The Kier molecular flexibility index (Phi) is 4.26. The van der Waals surface area contributed by atoms with Crippen molar-refractivity contribution >= 4 is 17.1 Å². The minimum Gasteiger partial charge on any atom is -0.497 e. The lowest BCUT2D eigenvalue weighted by atomic mass is 10.2. The number of methoxy groups -OCH3 is 1. The zero-order valence-corrected chi connectivity index (χ0v) is 14.8. The van der Waals surface area contributed by atoms with Crippen LogP contribution in [0.25, 0.3) is 16.9 Å². The number of hydrogen-bond donors (Lipinski definition) is 1. The van der Waals surface area contributed by atoms with E-state index in [1.807, 2.05) is 0 Å². The van der Waals surface area contributed by atoms with Gasteiger partial charge in [-0.15, -0.1) is 0 Å². The van der Waals surface area contributed by atoms with Crippen LogP contribution in [-0.4, -0.2) is 26.2 Å². The fraction of sp³-hybridized carbons (Fsp3) is 0.105. The van der Waals surface area contributed by atoms with Gasteiger partial charge in [0.1, 0.15) is 22.9 Å². The molecule has 4 aromatic rings. The Morgan fingerprint density at radius 2 is 1.86 bits per heavy atom. The van der Waals surface area contributed by atoms with Gasteiger partial charge in [-0.25, -0.2) is 23.1 Å². The molecule has 0 unspecified atom stereocenters. The van der Waals surface area contributed by atoms with Crippen molar-refractivity contribution < 1.29 is 13.5 Å². The predicted octanol–water partition coefficient (Wildman–Crippen LogP) is 2.50. The van der Waals surface area contributed by atoms with Gasteiger partial charge in [0.15, 0.2) is 5.65 Å². The average molecular weight is 383 g/mol. The first-order valence-electron chi connectivity index (χ1n) is 8.30. The lowest BCUT2D eigenvalue weighted by Gasteiger charge is -2.06. The average Bonchev–Trinajstić information content (AvgIpc) is 2.95. The van der Waals surface area contributed by atoms with E-state index in [9.17, 15) is 13.6 Å². The van der Waals surface area contributed by atoms with Crippen molar-refractivity contribution in [2.45, 2.75) is 6.54 Å². The molecule has 0 saturated heterocycles. The molecule has 2 aromatic heterocycles. The third kappa shape index (κ3) is 2.86. The number of nitrogens with two attached hydrogens (primary N) is 1. The van der Waals surface area contributed by atoms with Gasteiger partial charge >= 0.3 is 5.69 Å². The van der Waals surface area contributed by atoms with Crippen molar-refractivity contribution in [1.29, 1.82) is 0 Å². The van der Waals surface area contributed by atoms with Crippen molar-refractivity contribution in [1.82, 2.24) is 19.1 Å². The van der Waals surface area contributed by atoms with Gasteiger partial charge in [0.25, 0.3) is 0 Å². The quantitative estimate of drug-likeness (QED) is 0.585. The van der Waals surface area contributed by atoms with Gasteiger partial charge in [0, 0.05) is 11.6 Å². The van der Waals surface area contributed by atoms with E-state index in [1.54, 1.807) is 24.3 Å². The van der Waals surface area contributed by atoms with E-state index in [4.69, 9.17) is 10.5 Å². The smallest absolute Gasteiger partial charge is 0.335 e. The summed E-state index contributed by atoms with van der Waals surface area (Å²) in [6.07, 6.45) is 1.36. The molecule has 0 aliphatic heterocycles. The molecule has 0 spiro atoms. The molecule has 0 fully saturated rings. The van der Waals surface area contributed by atoms with Crippen LogP contribution < -0.4 is 16.2 Å². The summed E-state index contributed by atoms with van der Waals surface area (Å²) in [6, 6.07) is 10.3. The second-order valence-electron chi connectivity index (χ2n) is 6.04. The number of rotatable bonds is 4. The summed E-state index contributed by atoms with van der Waals surface area (Å²) < 4.78 is 36.0. The maximum Gasteiger partial charge on any atom is 0.335 e. The Balaban J connectivity index is 1.98. The number of ether oxygens (including phenoxy) is 1. The summed E-state index contributed by atoms with van der Waals surface area (Å²) in [7, 11) is 1.51. The molecule has 2 aromatic carbocycles. The first kappa shape index (κ1) is 17.7. The number of fused-ring (bicyclic) bond motifs is 1. The standard InChI is InChI=1S/C19H15F2N5O2/c1-28-12-5-2-4-11(8-12)26-17-16(9-23-18(22)24-17)25(19(26)27)10-13-14(20)6-3-7-15(13)21/h2-9H,10H2,1H3,(H2,22,23,24). The highest BCUT2D eigenvalue weighted by Gasteiger charge is 2.20. The van der Waals surface area contributed by atoms with E-state index >= 15 is 0 Å². The molecule has 0 saturated carbocycles. The fourth-order valence-corrected chi connectivity index (χ4v) is 3.03. The van der Waals surface area contributed by atoms with E-state index in [0.29, 0.717) is 17.0 Å². The Bertz CT molecular complexity index is 1230. The van der Waals surface area contributed by atoms with Gasteiger partial charge in [-0.3, -0.25) is 4.57 Å². The first-order chi connectivity index (χ1) is 13.5. The van der Waals surface area contributed by atoms with E-state index in [0.717, 1.165) is 12.1 Å². The molecule has 0 aliphatic rings. The third-order valence-corrected chi connectivity index (χ3v) is 4.38. The monoisotopic (exact) mass is 383 g/mol. The number of benzene rings is 2. The Morgan fingerprint density at radius 1 is 1.14 bits per heavy atom. The molecule has 142 valence electrons. The van der Waals surface area contributed by atoms with Crippen LogP contribution in [0.4, 0.5) is 14.7 Å². The normalized spacial score (nSPS) is 11.1. The molecule has 4 rings (SSSR count). The number of anilines is 1. The number of nitrogen functional groups attached to an aromatic ring is 1. The topological polar surface area (TPSA) is 88.0 Å². The summed E-state index contributed by atoms with van der Waals surface area (Å²) >= 11 is 0. The van der Waals surface area contributed by atoms with Gasteiger partial charge < -0.3 is 10.5 Å². The summed E-state index contributed by atoms with van der Waals surface area (Å²) in [5.74, 6) is -0.984. The van der Waals surface area contributed by atoms with Gasteiger partial charge in [-0.2, -0.15) is 4.98 Å². The molecule has 9 heteroatoms. The highest BCUT2D eigenvalue weighted by Crippen LogP contribution is 2.21. The SMILES string of the molecule is COc1cccc(-n2c(=O)n(Cc3c(F)cccc3F)c3cnc(N)nc32)c1. The summed E-state index contributed by atoms with van der Waals surface area (Å²) in [6.45, 7) is -0.321. The molecular formula is C19H15F2N5O2. The molecule has 0 radical (unpaired) electrons. The van der Waals surface area contributed by atoms with E-state index in [-0.39, 0.29) is 23.7 Å². The van der Waals surface area contributed by atoms with E-state index < -0.39 is 17.3 Å². The van der Waals surface area contributed by atoms with Crippen LogP contribution in [0.5, 0.6) is 5.75 Å². The minimum atomic E-state index is -0.745. The van der Waals surface area contributed by atoms with Crippen LogP contribution in [0.1, 0.15) is 5.56 Å². The van der Waals surface area contributed by atoms with Crippen LogP contribution >= 0.6 is 0 Å². The Morgan fingerprint density at radius 3 is 2.57 bits per heavy atom. The maximum absolute atomic E-state index is 14.1. The van der Waals surface area contributed by atoms with Crippen LogP contribution in [0.2, 0.25) is 0 Å². The number of halogens is 2. The number of nitrogens with zero attached hydrogens (tertiary/aromatic N) is 4.